The van der Waals surface area contributed by atoms with Gasteiger partial charge in [0.25, 0.3) is 0 Å². The van der Waals surface area contributed by atoms with Gasteiger partial charge < -0.3 is 9.84 Å². The molecule has 0 heterocycles. The Morgan fingerprint density at radius 3 is 2.27 bits per heavy atom. The van der Waals surface area contributed by atoms with Crippen LogP contribution < -0.4 is 4.74 Å². The summed E-state index contributed by atoms with van der Waals surface area (Å²) in [5, 5.41) is 10.5. The first-order valence-electron chi connectivity index (χ1n) is 7.76. The summed E-state index contributed by atoms with van der Waals surface area (Å²) in [5.41, 5.74) is 2.16. The van der Waals surface area contributed by atoms with Crippen LogP contribution in [0.2, 0.25) is 0 Å². The van der Waals surface area contributed by atoms with E-state index >= 15 is 0 Å². The van der Waals surface area contributed by atoms with E-state index in [2.05, 4.69) is 17.0 Å². The Kier molecular flexibility index (Phi) is 5.99. The third kappa shape index (κ3) is 4.33. The van der Waals surface area contributed by atoms with Crippen molar-refractivity contribution in [2.75, 3.05) is 13.7 Å². The molecule has 2 atom stereocenters. The lowest BCUT2D eigenvalue weighted by Gasteiger charge is -2.29. The number of hydrogen-bond donors (Lipinski definition) is 1. The minimum absolute atomic E-state index is 0.0361. The number of likely N-dealkylation sites (N-methyl/N-ethyl adjacent to an activating group) is 1. The smallest absolute Gasteiger partial charge is 0.119 e. The number of benzene rings is 2. The summed E-state index contributed by atoms with van der Waals surface area (Å²) >= 11 is 0. The van der Waals surface area contributed by atoms with E-state index in [-0.39, 0.29) is 6.04 Å². The summed E-state index contributed by atoms with van der Waals surface area (Å²) in [5.74, 6) is 0.895. The van der Waals surface area contributed by atoms with Gasteiger partial charge in [0.15, 0.2) is 0 Å². The number of aliphatic hydroxyl groups excluding tert-OH is 1. The highest BCUT2D eigenvalue weighted by molar-refractivity contribution is 5.27. The molecule has 0 aliphatic carbocycles. The molecule has 2 unspecified atom stereocenters. The highest BCUT2D eigenvalue weighted by Crippen LogP contribution is 2.21. The van der Waals surface area contributed by atoms with Gasteiger partial charge in [-0.05, 0) is 44.2 Å². The van der Waals surface area contributed by atoms with Crippen molar-refractivity contribution in [1.82, 2.24) is 4.90 Å². The first-order chi connectivity index (χ1) is 10.6. The van der Waals surface area contributed by atoms with Crippen molar-refractivity contribution in [3.63, 3.8) is 0 Å². The lowest BCUT2D eigenvalue weighted by atomic mass is 10.0. The molecule has 1 N–H and O–H groups in total. The van der Waals surface area contributed by atoms with Gasteiger partial charge in [-0.1, -0.05) is 42.5 Å². The van der Waals surface area contributed by atoms with E-state index < -0.39 is 6.10 Å². The summed E-state index contributed by atoms with van der Waals surface area (Å²) in [4.78, 5) is 2.16. The second-order valence-electron chi connectivity index (χ2n) is 5.59. The molecule has 0 bridgehead atoms. The molecular formula is C19H25NO2. The van der Waals surface area contributed by atoms with E-state index in [1.165, 1.54) is 5.56 Å². The van der Waals surface area contributed by atoms with Gasteiger partial charge in [0.2, 0.25) is 0 Å². The predicted molar refractivity (Wildman–Crippen MR) is 89.9 cm³/mol. The molecule has 0 saturated heterocycles. The molecule has 0 aliphatic rings. The van der Waals surface area contributed by atoms with E-state index in [1.54, 1.807) is 0 Å². The highest BCUT2D eigenvalue weighted by Gasteiger charge is 2.20. The average molecular weight is 299 g/mol. The summed E-state index contributed by atoms with van der Waals surface area (Å²) in [6.07, 6.45) is -0.492. The molecule has 0 saturated carbocycles. The maximum absolute atomic E-state index is 10.5. The van der Waals surface area contributed by atoms with Crippen LogP contribution in [0.3, 0.4) is 0 Å². The lowest BCUT2D eigenvalue weighted by Crippen LogP contribution is -2.33. The summed E-state index contributed by atoms with van der Waals surface area (Å²) < 4.78 is 5.46. The Morgan fingerprint density at radius 1 is 1.05 bits per heavy atom. The molecule has 2 rings (SSSR count). The Morgan fingerprint density at radius 2 is 1.68 bits per heavy atom. The van der Waals surface area contributed by atoms with E-state index in [0.29, 0.717) is 6.61 Å². The summed E-state index contributed by atoms with van der Waals surface area (Å²) in [6, 6.07) is 18.0. The zero-order valence-electron chi connectivity index (χ0n) is 13.6. The van der Waals surface area contributed by atoms with Crippen LogP contribution in [0.4, 0.5) is 0 Å². The van der Waals surface area contributed by atoms with E-state index in [0.717, 1.165) is 17.9 Å². The standard InChI is InChI=1S/C19H25NO2/c1-4-22-18-12-10-16(11-13-18)14-20(3)15(2)19(21)17-8-6-5-7-9-17/h5-13,15,19,21H,4,14H2,1-3H3. The number of aliphatic hydroxyl groups is 1. The van der Waals surface area contributed by atoms with Crippen LogP contribution in [0.1, 0.15) is 31.1 Å². The maximum atomic E-state index is 10.5. The van der Waals surface area contributed by atoms with Crippen LogP contribution >= 0.6 is 0 Å². The van der Waals surface area contributed by atoms with Crippen molar-refractivity contribution in [1.29, 1.82) is 0 Å². The Bertz CT molecular complexity index is 553. The monoisotopic (exact) mass is 299 g/mol. The van der Waals surface area contributed by atoms with Gasteiger partial charge in [-0.3, -0.25) is 4.90 Å². The zero-order valence-corrected chi connectivity index (χ0v) is 13.6. The molecule has 22 heavy (non-hydrogen) atoms. The Hall–Kier alpha value is -1.84. The molecule has 3 nitrogen and oxygen atoms in total. The molecule has 0 aliphatic heterocycles. The molecule has 0 fully saturated rings. The fourth-order valence-electron chi connectivity index (χ4n) is 2.46. The van der Waals surface area contributed by atoms with Gasteiger partial charge in [0.05, 0.1) is 12.7 Å². The van der Waals surface area contributed by atoms with Gasteiger partial charge in [0, 0.05) is 12.6 Å². The third-order valence-electron chi connectivity index (χ3n) is 3.96. The first kappa shape index (κ1) is 16.5. The number of rotatable bonds is 7. The maximum Gasteiger partial charge on any atom is 0.119 e. The fraction of sp³-hybridized carbons (Fsp3) is 0.368. The van der Waals surface area contributed by atoms with Crippen LogP contribution in [-0.4, -0.2) is 29.7 Å². The molecule has 0 amide bonds. The number of hydrogen-bond acceptors (Lipinski definition) is 3. The Labute approximate surface area is 133 Å². The first-order valence-corrected chi connectivity index (χ1v) is 7.76. The zero-order chi connectivity index (χ0) is 15.9. The van der Waals surface area contributed by atoms with Crippen molar-refractivity contribution >= 4 is 0 Å². The van der Waals surface area contributed by atoms with Crippen LogP contribution in [-0.2, 0) is 6.54 Å². The average Bonchev–Trinajstić information content (AvgIpc) is 2.56. The quantitative estimate of drug-likeness (QED) is 0.847. The van der Waals surface area contributed by atoms with E-state index in [9.17, 15) is 5.11 Å². The highest BCUT2D eigenvalue weighted by atomic mass is 16.5. The van der Waals surface area contributed by atoms with Gasteiger partial charge in [-0.15, -0.1) is 0 Å². The second-order valence-corrected chi connectivity index (χ2v) is 5.59. The predicted octanol–water partition coefficient (Wildman–Crippen LogP) is 3.64. The fourth-order valence-corrected chi connectivity index (χ4v) is 2.46. The summed E-state index contributed by atoms with van der Waals surface area (Å²) in [6.45, 7) is 5.50. The van der Waals surface area contributed by atoms with Crippen LogP contribution in [0.25, 0.3) is 0 Å². The molecule has 118 valence electrons. The Balaban J connectivity index is 1.97. The lowest BCUT2D eigenvalue weighted by molar-refractivity contribution is 0.0688. The molecule has 2 aromatic carbocycles. The van der Waals surface area contributed by atoms with Gasteiger partial charge >= 0.3 is 0 Å². The molecule has 0 radical (unpaired) electrons. The van der Waals surface area contributed by atoms with Crippen molar-refractivity contribution < 1.29 is 9.84 Å². The normalized spacial score (nSPS) is 13.9. The van der Waals surface area contributed by atoms with Crippen molar-refractivity contribution in [2.24, 2.45) is 0 Å². The van der Waals surface area contributed by atoms with Gasteiger partial charge in [-0.25, -0.2) is 0 Å². The summed E-state index contributed by atoms with van der Waals surface area (Å²) in [7, 11) is 2.04. The topological polar surface area (TPSA) is 32.7 Å². The van der Waals surface area contributed by atoms with Crippen LogP contribution in [0.5, 0.6) is 5.75 Å². The van der Waals surface area contributed by atoms with E-state index in [1.807, 2.05) is 63.4 Å². The van der Waals surface area contributed by atoms with Crippen molar-refractivity contribution in [3.05, 3.63) is 65.7 Å². The molecule has 3 heteroatoms. The molecule has 0 aromatic heterocycles. The van der Waals surface area contributed by atoms with Gasteiger partial charge in [-0.2, -0.15) is 0 Å². The molecule has 0 spiro atoms. The van der Waals surface area contributed by atoms with Crippen molar-refractivity contribution in [2.45, 2.75) is 32.5 Å². The van der Waals surface area contributed by atoms with E-state index in [4.69, 9.17) is 4.74 Å². The SMILES string of the molecule is CCOc1ccc(CN(C)C(C)C(O)c2ccccc2)cc1. The minimum atomic E-state index is -0.492. The second kappa shape index (κ2) is 7.97. The third-order valence-corrected chi connectivity index (χ3v) is 3.96. The molecule has 2 aromatic rings. The van der Waals surface area contributed by atoms with Crippen molar-refractivity contribution in [3.8, 4) is 5.75 Å². The van der Waals surface area contributed by atoms with Crippen LogP contribution in [0, 0.1) is 0 Å². The van der Waals surface area contributed by atoms with Gasteiger partial charge in [0.1, 0.15) is 5.75 Å². The molecular weight excluding hydrogens is 274 g/mol. The minimum Gasteiger partial charge on any atom is -0.494 e. The van der Waals surface area contributed by atoms with Crippen LogP contribution in [0.15, 0.2) is 54.6 Å². The number of nitrogens with zero attached hydrogens (tertiary/aromatic N) is 1. The largest absolute Gasteiger partial charge is 0.494 e. The number of ether oxygens (including phenoxy) is 1.